The van der Waals surface area contributed by atoms with Crippen molar-refractivity contribution in [3.05, 3.63) is 57.4 Å². The molecule has 1 aromatic carbocycles. The van der Waals surface area contributed by atoms with Crippen LogP contribution in [0.3, 0.4) is 0 Å². The van der Waals surface area contributed by atoms with E-state index < -0.39 is 0 Å². The number of nitrogens with one attached hydrogen (secondary N) is 1. The molecule has 0 saturated carbocycles. The van der Waals surface area contributed by atoms with Crippen molar-refractivity contribution in [1.82, 2.24) is 4.98 Å². The summed E-state index contributed by atoms with van der Waals surface area (Å²) >= 11 is 2.33. The van der Waals surface area contributed by atoms with Gasteiger partial charge in [0, 0.05) is 15.5 Å². The lowest BCUT2D eigenvalue weighted by Gasteiger charge is -2.09. The molecule has 1 N–H and O–H groups in total. The Morgan fingerprint density at radius 1 is 1.19 bits per heavy atom. The first-order valence-electron chi connectivity index (χ1n) is 5.16. The van der Waals surface area contributed by atoms with E-state index >= 15 is 0 Å². The van der Waals surface area contributed by atoms with Gasteiger partial charge in [-0.25, -0.2) is 0 Å². The molecule has 0 saturated heterocycles. The highest BCUT2D eigenvalue weighted by Gasteiger charge is 2.00. The van der Waals surface area contributed by atoms with Gasteiger partial charge in [-0.2, -0.15) is 0 Å². The Morgan fingerprint density at radius 3 is 2.75 bits per heavy atom. The fraction of sp³-hybridized carbons (Fsp3) is 0.154. The zero-order valence-electron chi connectivity index (χ0n) is 9.07. The number of nitrogens with zero attached hydrogens (tertiary/aromatic N) is 1. The van der Waals surface area contributed by atoms with Gasteiger partial charge >= 0.3 is 0 Å². The minimum absolute atomic E-state index is 0.771. The lowest BCUT2D eigenvalue weighted by molar-refractivity contribution is 1.02. The third-order valence-electron chi connectivity index (χ3n) is 2.44. The molecular weight excluding hydrogens is 311 g/mol. The number of para-hydroxylation sites is 1. The SMILES string of the molecule is Cc1cccnc1CNc1ccccc1I. The molecule has 1 aromatic heterocycles. The van der Waals surface area contributed by atoms with Crippen molar-refractivity contribution < 1.29 is 0 Å². The van der Waals surface area contributed by atoms with E-state index in [1.165, 1.54) is 9.13 Å². The summed E-state index contributed by atoms with van der Waals surface area (Å²) in [4.78, 5) is 4.36. The summed E-state index contributed by atoms with van der Waals surface area (Å²) in [6.07, 6.45) is 1.83. The van der Waals surface area contributed by atoms with Crippen molar-refractivity contribution in [2.45, 2.75) is 13.5 Å². The second kappa shape index (κ2) is 5.30. The number of pyridine rings is 1. The van der Waals surface area contributed by atoms with Gasteiger partial charge in [0.2, 0.25) is 0 Å². The maximum Gasteiger partial charge on any atom is 0.0623 e. The van der Waals surface area contributed by atoms with E-state index in [1.807, 2.05) is 24.4 Å². The van der Waals surface area contributed by atoms with Crippen LogP contribution < -0.4 is 5.32 Å². The Hall–Kier alpha value is -1.10. The number of aryl methyl sites for hydroxylation is 1. The van der Waals surface area contributed by atoms with Crippen molar-refractivity contribution in [2.24, 2.45) is 0 Å². The molecule has 0 aliphatic carbocycles. The van der Waals surface area contributed by atoms with Crippen LogP contribution in [0.4, 0.5) is 5.69 Å². The molecule has 2 aromatic rings. The third-order valence-corrected chi connectivity index (χ3v) is 3.38. The number of halogens is 1. The maximum absolute atomic E-state index is 4.36. The molecule has 0 unspecified atom stereocenters. The van der Waals surface area contributed by atoms with Gasteiger partial charge in [-0.3, -0.25) is 4.98 Å². The van der Waals surface area contributed by atoms with Gasteiger partial charge in [-0.15, -0.1) is 0 Å². The molecule has 16 heavy (non-hydrogen) atoms. The van der Waals surface area contributed by atoms with Crippen molar-refractivity contribution in [2.75, 3.05) is 5.32 Å². The van der Waals surface area contributed by atoms with Crippen molar-refractivity contribution in [1.29, 1.82) is 0 Å². The summed E-state index contributed by atoms with van der Waals surface area (Å²) in [6.45, 7) is 2.85. The minimum Gasteiger partial charge on any atom is -0.379 e. The lowest BCUT2D eigenvalue weighted by atomic mass is 10.2. The molecule has 0 atom stereocenters. The summed E-state index contributed by atoms with van der Waals surface area (Å²) in [5, 5.41) is 3.40. The van der Waals surface area contributed by atoms with Gasteiger partial charge in [0.05, 0.1) is 12.2 Å². The van der Waals surface area contributed by atoms with Gasteiger partial charge in [-0.1, -0.05) is 18.2 Å². The summed E-state index contributed by atoms with van der Waals surface area (Å²) in [7, 11) is 0. The molecule has 0 fully saturated rings. The molecular formula is C13H13IN2. The molecule has 82 valence electrons. The molecule has 2 nitrogen and oxygen atoms in total. The van der Waals surface area contributed by atoms with Gasteiger partial charge < -0.3 is 5.32 Å². The zero-order valence-corrected chi connectivity index (χ0v) is 11.2. The molecule has 0 bridgehead atoms. The van der Waals surface area contributed by atoms with Crippen LogP contribution in [0.25, 0.3) is 0 Å². The Morgan fingerprint density at radius 2 is 2.00 bits per heavy atom. The molecule has 1 heterocycles. The Labute approximate surface area is 109 Å². The summed E-state index contributed by atoms with van der Waals surface area (Å²) < 4.78 is 1.23. The summed E-state index contributed by atoms with van der Waals surface area (Å²) in [5.74, 6) is 0. The average Bonchev–Trinajstić information content (AvgIpc) is 2.30. The van der Waals surface area contributed by atoms with E-state index in [4.69, 9.17) is 0 Å². The summed E-state index contributed by atoms with van der Waals surface area (Å²) in [5.41, 5.74) is 3.48. The fourth-order valence-corrected chi connectivity index (χ4v) is 2.07. The smallest absolute Gasteiger partial charge is 0.0623 e. The number of aromatic nitrogens is 1. The van der Waals surface area contributed by atoms with Gasteiger partial charge in [0.15, 0.2) is 0 Å². The molecule has 0 amide bonds. The number of rotatable bonds is 3. The molecule has 0 spiro atoms. The van der Waals surface area contributed by atoms with E-state index in [1.54, 1.807) is 0 Å². The number of hydrogen-bond donors (Lipinski definition) is 1. The lowest BCUT2D eigenvalue weighted by Crippen LogP contribution is -2.04. The predicted octanol–water partition coefficient (Wildman–Crippen LogP) is 3.61. The monoisotopic (exact) mass is 324 g/mol. The van der Waals surface area contributed by atoms with Gasteiger partial charge in [0.25, 0.3) is 0 Å². The van der Waals surface area contributed by atoms with Crippen LogP contribution in [-0.2, 0) is 6.54 Å². The Bertz CT molecular complexity index is 437. The molecule has 0 aliphatic heterocycles. The van der Waals surface area contributed by atoms with Crippen LogP contribution in [0.15, 0.2) is 42.6 Å². The van der Waals surface area contributed by atoms with Crippen molar-refractivity contribution in [3.8, 4) is 0 Å². The highest BCUT2D eigenvalue weighted by atomic mass is 127. The second-order valence-corrected chi connectivity index (χ2v) is 4.76. The van der Waals surface area contributed by atoms with Crippen molar-refractivity contribution in [3.63, 3.8) is 0 Å². The Balaban J connectivity index is 2.09. The largest absolute Gasteiger partial charge is 0.379 e. The van der Waals surface area contributed by atoms with E-state index in [9.17, 15) is 0 Å². The fourth-order valence-electron chi connectivity index (χ4n) is 1.49. The normalized spacial score (nSPS) is 10.1. The highest BCUT2D eigenvalue weighted by Crippen LogP contribution is 2.17. The first kappa shape index (κ1) is 11.4. The number of anilines is 1. The number of hydrogen-bond acceptors (Lipinski definition) is 2. The Kier molecular flexibility index (Phi) is 3.77. The third kappa shape index (κ3) is 2.72. The van der Waals surface area contributed by atoms with Crippen LogP contribution in [-0.4, -0.2) is 4.98 Å². The summed E-state index contributed by atoms with van der Waals surface area (Å²) in [6, 6.07) is 12.3. The van der Waals surface area contributed by atoms with E-state index in [0.29, 0.717) is 0 Å². The number of benzene rings is 1. The van der Waals surface area contributed by atoms with Crippen LogP contribution in [0.1, 0.15) is 11.3 Å². The highest BCUT2D eigenvalue weighted by molar-refractivity contribution is 14.1. The second-order valence-electron chi connectivity index (χ2n) is 3.60. The standard InChI is InChI=1S/C13H13IN2/c1-10-5-4-8-15-13(10)9-16-12-7-3-2-6-11(12)14/h2-8,16H,9H2,1H3. The minimum atomic E-state index is 0.771. The van der Waals surface area contributed by atoms with Crippen LogP contribution in [0.5, 0.6) is 0 Å². The van der Waals surface area contributed by atoms with Crippen LogP contribution in [0, 0.1) is 10.5 Å². The van der Waals surface area contributed by atoms with E-state index in [0.717, 1.165) is 17.9 Å². The molecule has 0 aliphatic rings. The van der Waals surface area contributed by atoms with Gasteiger partial charge in [-0.05, 0) is 53.3 Å². The average molecular weight is 324 g/mol. The first-order valence-corrected chi connectivity index (χ1v) is 6.24. The van der Waals surface area contributed by atoms with E-state index in [-0.39, 0.29) is 0 Å². The maximum atomic E-state index is 4.36. The van der Waals surface area contributed by atoms with Gasteiger partial charge in [0.1, 0.15) is 0 Å². The first-order chi connectivity index (χ1) is 7.77. The topological polar surface area (TPSA) is 24.9 Å². The van der Waals surface area contributed by atoms with Crippen LogP contribution in [0.2, 0.25) is 0 Å². The quantitative estimate of drug-likeness (QED) is 0.873. The molecule has 3 heteroatoms. The zero-order chi connectivity index (χ0) is 11.4. The van der Waals surface area contributed by atoms with Crippen LogP contribution >= 0.6 is 22.6 Å². The van der Waals surface area contributed by atoms with Crippen molar-refractivity contribution >= 4 is 28.3 Å². The molecule has 2 rings (SSSR count). The van der Waals surface area contributed by atoms with E-state index in [2.05, 4.69) is 58.0 Å². The predicted molar refractivity (Wildman–Crippen MR) is 75.5 cm³/mol. The molecule has 0 radical (unpaired) electrons.